The number of amides is 1. The molecule has 3 nitrogen and oxygen atoms in total. The Kier molecular flexibility index (Phi) is 6.22. The largest absolute Gasteiger partial charge is 0.482 e. The molecule has 0 saturated heterocycles. The van der Waals surface area contributed by atoms with E-state index < -0.39 is 18.7 Å². The Morgan fingerprint density at radius 2 is 1.48 bits per heavy atom. The van der Waals surface area contributed by atoms with E-state index in [2.05, 4.69) is 5.32 Å². The minimum absolute atomic E-state index is 0.0180. The van der Waals surface area contributed by atoms with Gasteiger partial charge in [-0.2, -0.15) is 13.2 Å². The summed E-state index contributed by atoms with van der Waals surface area (Å²) in [5, 5.41) is 2.74. The van der Waals surface area contributed by atoms with Crippen LogP contribution in [0, 0.1) is 6.92 Å². The summed E-state index contributed by atoms with van der Waals surface area (Å²) in [6, 6.07) is 23.1. The Labute approximate surface area is 167 Å². The van der Waals surface area contributed by atoms with Gasteiger partial charge in [0.1, 0.15) is 5.75 Å². The Morgan fingerprint density at radius 1 is 0.931 bits per heavy atom. The van der Waals surface area contributed by atoms with E-state index in [1.165, 1.54) is 6.07 Å². The SMILES string of the molecule is Cc1ccc(NC(=O)C(c2ccccc2)c2ccccc2)c(OCC(F)(F)F)c1. The maximum absolute atomic E-state index is 13.2. The highest BCUT2D eigenvalue weighted by atomic mass is 19.4. The third kappa shape index (κ3) is 5.60. The molecule has 0 atom stereocenters. The number of halogens is 3. The van der Waals surface area contributed by atoms with Gasteiger partial charge >= 0.3 is 6.18 Å². The Hall–Kier alpha value is -3.28. The smallest absolute Gasteiger partial charge is 0.422 e. The number of carbonyl (C=O) groups is 1. The fraction of sp³-hybridized carbons (Fsp3) is 0.174. The molecule has 0 heterocycles. The fourth-order valence-corrected chi connectivity index (χ4v) is 3.00. The highest BCUT2D eigenvalue weighted by molar-refractivity contribution is 5.99. The van der Waals surface area contributed by atoms with Gasteiger partial charge in [-0.3, -0.25) is 4.79 Å². The van der Waals surface area contributed by atoms with E-state index in [-0.39, 0.29) is 17.3 Å². The molecule has 0 unspecified atom stereocenters. The molecule has 0 saturated carbocycles. The molecule has 0 bridgehead atoms. The van der Waals surface area contributed by atoms with Crippen LogP contribution in [0.15, 0.2) is 78.9 Å². The lowest BCUT2D eigenvalue weighted by Gasteiger charge is -2.20. The molecule has 150 valence electrons. The minimum atomic E-state index is -4.47. The number of rotatable bonds is 6. The van der Waals surface area contributed by atoms with Crippen molar-refractivity contribution in [2.24, 2.45) is 0 Å². The predicted molar refractivity (Wildman–Crippen MR) is 106 cm³/mol. The van der Waals surface area contributed by atoms with Crippen molar-refractivity contribution in [1.82, 2.24) is 0 Å². The Morgan fingerprint density at radius 3 is 2.00 bits per heavy atom. The first-order chi connectivity index (χ1) is 13.8. The van der Waals surface area contributed by atoms with Crippen LogP contribution in [0.25, 0.3) is 0 Å². The van der Waals surface area contributed by atoms with Crippen LogP contribution in [0.2, 0.25) is 0 Å². The first kappa shape index (κ1) is 20.5. The summed E-state index contributed by atoms with van der Waals surface area (Å²) in [7, 11) is 0. The molecule has 0 aliphatic carbocycles. The van der Waals surface area contributed by atoms with Crippen LogP contribution in [-0.2, 0) is 4.79 Å². The maximum Gasteiger partial charge on any atom is 0.422 e. The van der Waals surface area contributed by atoms with E-state index in [4.69, 9.17) is 4.74 Å². The van der Waals surface area contributed by atoms with E-state index >= 15 is 0 Å². The number of benzene rings is 3. The van der Waals surface area contributed by atoms with E-state index in [0.29, 0.717) is 0 Å². The van der Waals surface area contributed by atoms with Crippen molar-refractivity contribution >= 4 is 11.6 Å². The summed E-state index contributed by atoms with van der Waals surface area (Å²) < 4.78 is 42.7. The van der Waals surface area contributed by atoms with Crippen molar-refractivity contribution in [1.29, 1.82) is 0 Å². The van der Waals surface area contributed by atoms with E-state index in [0.717, 1.165) is 16.7 Å². The van der Waals surface area contributed by atoms with Crippen LogP contribution >= 0.6 is 0 Å². The molecule has 0 fully saturated rings. The van der Waals surface area contributed by atoms with Gasteiger partial charge < -0.3 is 10.1 Å². The highest BCUT2D eigenvalue weighted by Crippen LogP contribution is 2.31. The van der Waals surface area contributed by atoms with E-state index in [1.807, 2.05) is 60.7 Å². The number of nitrogens with one attached hydrogen (secondary N) is 1. The number of anilines is 1. The first-order valence-corrected chi connectivity index (χ1v) is 9.04. The number of carbonyl (C=O) groups excluding carboxylic acids is 1. The standard InChI is InChI=1S/C23H20F3NO2/c1-16-12-13-19(20(14-16)29-15-23(24,25)26)27-22(28)21(17-8-4-2-5-9-17)18-10-6-3-7-11-18/h2-14,21H,15H2,1H3,(H,27,28). The third-order valence-corrected chi connectivity index (χ3v) is 4.31. The quantitative estimate of drug-likeness (QED) is 0.577. The topological polar surface area (TPSA) is 38.3 Å². The highest BCUT2D eigenvalue weighted by Gasteiger charge is 2.29. The molecule has 0 aliphatic rings. The average molecular weight is 399 g/mol. The molecular weight excluding hydrogens is 379 g/mol. The normalized spacial score (nSPS) is 11.3. The molecule has 6 heteroatoms. The molecule has 1 N–H and O–H groups in total. The maximum atomic E-state index is 13.2. The van der Waals surface area contributed by atoms with Crippen LogP contribution < -0.4 is 10.1 Å². The summed E-state index contributed by atoms with van der Waals surface area (Å²) in [4.78, 5) is 13.2. The van der Waals surface area contributed by atoms with Crippen molar-refractivity contribution in [3.05, 3.63) is 95.6 Å². The minimum Gasteiger partial charge on any atom is -0.482 e. The van der Waals surface area contributed by atoms with Crippen LogP contribution in [0.1, 0.15) is 22.6 Å². The number of aryl methyl sites for hydroxylation is 1. The predicted octanol–water partition coefficient (Wildman–Crippen LogP) is 5.71. The monoisotopic (exact) mass is 399 g/mol. The molecule has 3 rings (SSSR count). The van der Waals surface area contributed by atoms with Gasteiger partial charge in [0.05, 0.1) is 11.6 Å². The zero-order chi connectivity index (χ0) is 20.9. The first-order valence-electron chi connectivity index (χ1n) is 9.04. The van der Waals surface area contributed by atoms with Crippen LogP contribution in [0.4, 0.5) is 18.9 Å². The van der Waals surface area contributed by atoms with Crippen molar-refractivity contribution < 1.29 is 22.7 Å². The molecule has 0 aromatic heterocycles. The zero-order valence-corrected chi connectivity index (χ0v) is 15.7. The summed E-state index contributed by atoms with van der Waals surface area (Å²) in [6.07, 6.45) is -4.47. The van der Waals surface area contributed by atoms with Crippen LogP contribution in [0.3, 0.4) is 0 Å². The Bertz CT molecular complexity index is 917. The lowest BCUT2D eigenvalue weighted by atomic mass is 9.90. The van der Waals surface area contributed by atoms with Gasteiger partial charge in [0.25, 0.3) is 0 Å². The molecule has 3 aromatic rings. The van der Waals surface area contributed by atoms with Crippen molar-refractivity contribution in [3.63, 3.8) is 0 Å². The number of hydrogen-bond acceptors (Lipinski definition) is 2. The van der Waals surface area contributed by atoms with Gasteiger partial charge in [-0.05, 0) is 35.7 Å². The summed E-state index contributed by atoms with van der Waals surface area (Å²) in [5.41, 5.74) is 2.48. The van der Waals surface area contributed by atoms with E-state index in [1.54, 1.807) is 19.1 Å². The van der Waals surface area contributed by atoms with Crippen molar-refractivity contribution in [3.8, 4) is 5.75 Å². The van der Waals surface area contributed by atoms with Gasteiger partial charge in [-0.1, -0.05) is 66.7 Å². The lowest BCUT2D eigenvalue weighted by Crippen LogP contribution is -2.24. The van der Waals surface area contributed by atoms with Gasteiger partial charge in [0, 0.05) is 0 Å². The van der Waals surface area contributed by atoms with Gasteiger partial charge in [0.15, 0.2) is 6.61 Å². The molecule has 0 spiro atoms. The molecule has 0 radical (unpaired) electrons. The molecular formula is C23H20F3NO2. The molecule has 0 aliphatic heterocycles. The summed E-state index contributed by atoms with van der Waals surface area (Å²) >= 11 is 0. The second kappa shape index (κ2) is 8.82. The fourth-order valence-electron chi connectivity index (χ4n) is 3.00. The zero-order valence-electron chi connectivity index (χ0n) is 15.7. The van der Waals surface area contributed by atoms with Gasteiger partial charge in [0.2, 0.25) is 5.91 Å². The summed E-state index contributed by atoms with van der Waals surface area (Å²) in [5.74, 6) is -0.993. The Balaban J connectivity index is 1.91. The molecule has 29 heavy (non-hydrogen) atoms. The lowest BCUT2D eigenvalue weighted by molar-refractivity contribution is -0.153. The van der Waals surface area contributed by atoms with Gasteiger partial charge in [-0.25, -0.2) is 0 Å². The average Bonchev–Trinajstić information content (AvgIpc) is 2.69. The van der Waals surface area contributed by atoms with Crippen LogP contribution in [-0.4, -0.2) is 18.7 Å². The number of ether oxygens (including phenoxy) is 1. The number of hydrogen-bond donors (Lipinski definition) is 1. The molecule has 1 amide bonds. The van der Waals surface area contributed by atoms with Crippen LogP contribution in [0.5, 0.6) is 5.75 Å². The summed E-state index contributed by atoms with van der Waals surface area (Å²) in [6.45, 7) is 0.308. The second-order valence-corrected chi connectivity index (χ2v) is 6.65. The second-order valence-electron chi connectivity index (χ2n) is 6.65. The number of alkyl halides is 3. The van der Waals surface area contributed by atoms with Crippen molar-refractivity contribution in [2.75, 3.05) is 11.9 Å². The molecule has 3 aromatic carbocycles. The van der Waals surface area contributed by atoms with Gasteiger partial charge in [-0.15, -0.1) is 0 Å². The van der Waals surface area contributed by atoms with E-state index in [9.17, 15) is 18.0 Å². The van der Waals surface area contributed by atoms with Crippen molar-refractivity contribution in [2.45, 2.75) is 19.0 Å². The third-order valence-electron chi connectivity index (χ3n) is 4.31.